The zero-order valence-electron chi connectivity index (χ0n) is 12.4. The predicted octanol–water partition coefficient (Wildman–Crippen LogP) is 1.73. The fraction of sp³-hybridized carbons (Fsp3) is 0.467. The normalized spacial score (nSPS) is 25.3. The zero-order chi connectivity index (χ0) is 15.9. The van der Waals surface area contributed by atoms with E-state index in [1.807, 2.05) is 24.5 Å². The second-order valence-electron chi connectivity index (χ2n) is 5.66. The molecular formula is C15H17N3O3S. The van der Waals surface area contributed by atoms with Crippen molar-refractivity contribution in [2.45, 2.75) is 32.7 Å². The van der Waals surface area contributed by atoms with Crippen LogP contribution in [0.4, 0.5) is 5.13 Å². The third-order valence-corrected chi connectivity index (χ3v) is 5.03. The Hall–Kier alpha value is -2.02. The van der Waals surface area contributed by atoms with Crippen LogP contribution in [-0.2, 0) is 14.4 Å². The smallest absolute Gasteiger partial charge is 0.249 e. The van der Waals surface area contributed by atoms with Gasteiger partial charge in [-0.2, -0.15) is 0 Å². The molecule has 0 aromatic carbocycles. The molecule has 0 spiro atoms. The fourth-order valence-electron chi connectivity index (χ4n) is 2.95. The van der Waals surface area contributed by atoms with Crippen LogP contribution in [0.5, 0.6) is 0 Å². The molecule has 6 nitrogen and oxygen atoms in total. The maximum atomic E-state index is 12.4. The van der Waals surface area contributed by atoms with Crippen molar-refractivity contribution in [1.29, 1.82) is 0 Å². The first-order valence-corrected chi connectivity index (χ1v) is 8.12. The number of amides is 3. The summed E-state index contributed by atoms with van der Waals surface area (Å²) in [5, 5.41) is 4.97. The van der Waals surface area contributed by atoms with Gasteiger partial charge in [-0.05, 0) is 26.7 Å². The number of aromatic nitrogens is 1. The Balaban J connectivity index is 1.74. The van der Waals surface area contributed by atoms with E-state index in [1.54, 1.807) is 6.92 Å². The summed E-state index contributed by atoms with van der Waals surface area (Å²) in [6, 6.07) is -0.824. The summed E-state index contributed by atoms with van der Waals surface area (Å²) in [5.74, 6) is -1.48. The van der Waals surface area contributed by atoms with Gasteiger partial charge in [-0.1, -0.05) is 12.2 Å². The minimum atomic E-state index is -0.824. The molecule has 1 aromatic rings. The number of carbonyl (C=O) groups excluding carboxylic acids is 3. The van der Waals surface area contributed by atoms with Gasteiger partial charge in [0.1, 0.15) is 6.04 Å². The Morgan fingerprint density at radius 3 is 2.41 bits per heavy atom. The van der Waals surface area contributed by atoms with E-state index in [0.717, 1.165) is 10.6 Å². The van der Waals surface area contributed by atoms with Gasteiger partial charge in [-0.25, -0.2) is 4.98 Å². The molecule has 1 aliphatic heterocycles. The van der Waals surface area contributed by atoms with E-state index in [9.17, 15) is 14.4 Å². The molecule has 0 unspecified atom stereocenters. The van der Waals surface area contributed by atoms with Crippen molar-refractivity contribution in [2.24, 2.45) is 11.8 Å². The third-order valence-electron chi connectivity index (χ3n) is 4.16. The van der Waals surface area contributed by atoms with Gasteiger partial charge in [-0.15, -0.1) is 11.3 Å². The van der Waals surface area contributed by atoms with Crippen LogP contribution < -0.4 is 5.32 Å². The van der Waals surface area contributed by atoms with Gasteiger partial charge in [0.2, 0.25) is 17.7 Å². The van der Waals surface area contributed by atoms with E-state index >= 15 is 0 Å². The highest BCUT2D eigenvalue weighted by Gasteiger charge is 2.50. The predicted molar refractivity (Wildman–Crippen MR) is 82.1 cm³/mol. The largest absolute Gasteiger partial charge is 0.300 e. The van der Waals surface area contributed by atoms with Crippen LogP contribution >= 0.6 is 11.3 Å². The zero-order valence-corrected chi connectivity index (χ0v) is 13.2. The van der Waals surface area contributed by atoms with Crippen LogP contribution in [0.1, 0.15) is 25.5 Å². The number of hydrogen-bond donors (Lipinski definition) is 1. The molecule has 1 aromatic heterocycles. The molecule has 0 saturated carbocycles. The van der Waals surface area contributed by atoms with Crippen LogP contribution in [0.15, 0.2) is 17.5 Å². The third kappa shape index (κ3) is 2.45. The summed E-state index contributed by atoms with van der Waals surface area (Å²) >= 11 is 1.32. The van der Waals surface area contributed by atoms with E-state index in [2.05, 4.69) is 10.3 Å². The Morgan fingerprint density at radius 1 is 1.32 bits per heavy atom. The quantitative estimate of drug-likeness (QED) is 0.680. The van der Waals surface area contributed by atoms with Crippen molar-refractivity contribution in [2.75, 3.05) is 5.32 Å². The number of thiazole rings is 1. The van der Waals surface area contributed by atoms with Crippen molar-refractivity contribution in [1.82, 2.24) is 9.88 Å². The number of anilines is 1. The molecule has 1 fully saturated rings. The summed E-state index contributed by atoms with van der Waals surface area (Å²) < 4.78 is 0. The number of rotatable bonds is 3. The van der Waals surface area contributed by atoms with E-state index < -0.39 is 6.04 Å². The summed E-state index contributed by atoms with van der Waals surface area (Å²) in [4.78, 5) is 42.4. The lowest BCUT2D eigenvalue weighted by atomic mass is 9.85. The molecule has 2 heterocycles. The second kappa shape index (κ2) is 5.64. The highest BCUT2D eigenvalue weighted by atomic mass is 32.1. The van der Waals surface area contributed by atoms with Gasteiger partial charge in [-0.3, -0.25) is 19.3 Å². The van der Waals surface area contributed by atoms with Crippen LogP contribution in [0, 0.1) is 18.8 Å². The Kier molecular flexibility index (Phi) is 3.82. The number of fused-ring (bicyclic) bond motifs is 1. The molecule has 1 saturated heterocycles. The first kappa shape index (κ1) is 14.9. The molecule has 116 valence electrons. The number of carbonyl (C=O) groups is 3. The van der Waals surface area contributed by atoms with Gasteiger partial charge in [0.15, 0.2) is 5.13 Å². The molecule has 3 atom stereocenters. The molecule has 0 radical (unpaired) electrons. The van der Waals surface area contributed by atoms with Crippen molar-refractivity contribution >= 4 is 34.2 Å². The van der Waals surface area contributed by atoms with Gasteiger partial charge < -0.3 is 5.32 Å². The fourth-order valence-corrected chi connectivity index (χ4v) is 3.64. The molecule has 1 N–H and O–H groups in total. The van der Waals surface area contributed by atoms with Gasteiger partial charge in [0, 0.05) is 5.38 Å². The number of hydrogen-bond acceptors (Lipinski definition) is 5. The molecule has 22 heavy (non-hydrogen) atoms. The monoisotopic (exact) mass is 319 g/mol. The SMILES string of the molecule is Cc1csc(NC(=O)[C@H](C)N2C(=O)[C@H]3CC=CC[C@H]3C2=O)n1. The average molecular weight is 319 g/mol. The van der Waals surface area contributed by atoms with Gasteiger partial charge >= 0.3 is 0 Å². The highest BCUT2D eigenvalue weighted by molar-refractivity contribution is 7.13. The van der Waals surface area contributed by atoms with Crippen molar-refractivity contribution < 1.29 is 14.4 Å². The molecule has 3 amide bonds. The summed E-state index contributed by atoms with van der Waals surface area (Å²) in [7, 11) is 0. The molecule has 1 aliphatic carbocycles. The van der Waals surface area contributed by atoms with Crippen molar-refractivity contribution in [3.8, 4) is 0 Å². The molecular weight excluding hydrogens is 302 g/mol. The van der Waals surface area contributed by atoms with E-state index in [4.69, 9.17) is 0 Å². The maximum absolute atomic E-state index is 12.4. The number of allylic oxidation sites excluding steroid dienone is 2. The lowest BCUT2D eigenvalue weighted by Crippen LogP contribution is -2.46. The van der Waals surface area contributed by atoms with Crippen LogP contribution in [0.3, 0.4) is 0 Å². The minimum Gasteiger partial charge on any atom is -0.300 e. The van der Waals surface area contributed by atoms with E-state index in [1.165, 1.54) is 11.3 Å². The Morgan fingerprint density at radius 2 is 1.91 bits per heavy atom. The topological polar surface area (TPSA) is 79.4 Å². The van der Waals surface area contributed by atoms with E-state index in [-0.39, 0.29) is 29.6 Å². The number of imide groups is 1. The Bertz CT molecular complexity index is 641. The number of likely N-dealkylation sites (tertiary alicyclic amines) is 1. The first-order valence-electron chi connectivity index (χ1n) is 7.24. The van der Waals surface area contributed by atoms with Crippen LogP contribution in [0.2, 0.25) is 0 Å². The number of nitrogens with zero attached hydrogens (tertiary/aromatic N) is 2. The molecule has 0 bridgehead atoms. The van der Waals surface area contributed by atoms with Gasteiger partial charge in [0.05, 0.1) is 17.5 Å². The minimum absolute atomic E-state index is 0.239. The Labute approximate surface area is 132 Å². The molecule has 2 aliphatic rings. The summed E-state index contributed by atoms with van der Waals surface area (Å²) in [5.41, 5.74) is 0.818. The van der Waals surface area contributed by atoms with Crippen molar-refractivity contribution in [3.05, 3.63) is 23.2 Å². The maximum Gasteiger partial charge on any atom is 0.249 e. The molecule has 3 rings (SSSR count). The number of aryl methyl sites for hydroxylation is 1. The lowest BCUT2D eigenvalue weighted by Gasteiger charge is -2.21. The van der Waals surface area contributed by atoms with Gasteiger partial charge in [0.25, 0.3) is 0 Å². The standard InChI is InChI=1S/C15H17N3O3S/c1-8-7-22-15(16-8)17-12(19)9(2)18-13(20)10-5-3-4-6-11(10)14(18)21/h3-4,7,9-11H,5-6H2,1-2H3,(H,16,17,19)/t9-,10-,11+/m0/s1. The average Bonchev–Trinajstić information content (AvgIpc) is 3.01. The summed E-state index contributed by atoms with van der Waals surface area (Å²) in [6.45, 7) is 3.41. The first-order chi connectivity index (χ1) is 10.5. The van der Waals surface area contributed by atoms with E-state index in [0.29, 0.717) is 18.0 Å². The number of nitrogens with one attached hydrogen (secondary N) is 1. The van der Waals surface area contributed by atoms with Crippen LogP contribution in [0.25, 0.3) is 0 Å². The molecule has 7 heteroatoms. The second-order valence-corrected chi connectivity index (χ2v) is 6.52. The lowest BCUT2D eigenvalue weighted by molar-refractivity contribution is -0.146. The van der Waals surface area contributed by atoms with Crippen molar-refractivity contribution in [3.63, 3.8) is 0 Å². The van der Waals surface area contributed by atoms with Crippen LogP contribution in [-0.4, -0.2) is 33.6 Å². The highest BCUT2D eigenvalue weighted by Crippen LogP contribution is 2.36. The summed E-state index contributed by atoms with van der Waals surface area (Å²) in [6.07, 6.45) is 5.01.